The monoisotopic (exact) mass is 664 g/mol. The molecular weight excluding hydrogens is 628 g/mol. The fraction of sp³-hybridized carbons (Fsp3) is 0.216. The summed E-state index contributed by atoms with van der Waals surface area (Å²) in [4.78, 5) is 23.7. The molecule has 11 heteroatoms. The fourth-order valence-corrected chi connectivity index (χ4v) is 4.20. The van der Waals surface area contributed by atoms with Crippen LogP contribution in [0.3, 0.4) is 0 Å². The zero-order chi connectivity index (χ0) is 36.3. The summed E-state index contributed by atoms with van der Waals surface area (Å²) < 4.78 is 26.5. The van der Waals surface area contributed by atoms with Gasteiger partial charge in [-0.2, -0.15) is 8.42 Å². The predicted molar refractivity (Wildman–Crippen MR) is 186 cm³/mol. The van der Waals surface area contributed by atoms with Gasteiger partial charge in [-0.1, -0.05) is 97.1 Å². The van der Waals surface area contributed by atoms with E-state index in [1.807, 2.05) is 0 Å². The Labute approximate surface area is 282 Å². The third kappa shape index (κ3) is 15.6. The Morgan fingerprint density at radius 3 is 1.08 bits per heavy atom. The van der Waals surface area contributed by atoms with E-state index < -0.39 is 28.4 Å². The summed E-state index contributed by atoms with van der Waals surface area (Å²) in [7, 11) is -3.45. The van der Waals surface area contributed by atoms with E-state index in [9.17, 15) is 13.2 Å². The molecule has 0 heterocycles. The van der Waals surface area contributed by atoms with Gasteiger partial charge in [-0.15, -0.1) is 0 Å². The van der Waals surface area contributed by atoms with Gasteiger partial charge >= 0.3 is 0 Å². The molecule has 2 N–H and O–H groups in total. The quantitative estimate of drug-likeness (QED) is 0.121. The van der Waals surface area contributed by atoms with Crippen LogP contribution in [0.25, 0.3) is 19.4 Å². The SMILES string of the molecule is [C-]#[N+]c1ccc(C(C)=O)cc1.[C-]#[N+]c1ccc([C@H](C)O)cc1.[C-]#[N+]c1ccc([C@H](C)O)cc1.[C-]#[N+]c1ccc([C@H](C)OS(C)(=O)=O)cc1. The molecule has 4 aromatic carbocycles. The lowest BCUT2D eigenvalue weighted by atomic mass is 10.1. The predicted octanol–water partition coefficient (Wildman–Crippen LogP) is 9.30. The van der Waals surface area contributed by atoms with Crippen molar-refractivity contribution in [3.8, 4) is 0 Å². The van der Waals surface area contributed by atoms with E-state index in [4.69, 9.17) is 40.7 Å². The standard InChI is InChI=1S/C10H11NO3S.2C9H9NO.C9H7NO/c1-8(14-15(3,12)13)9-4-6-10(11-2)7-5-9;3*1-7(11)8-3-5-9(10-2)6-4-8/h4-8H,1,3H3;2*3-7,11H,1H3;3-6H,1H3/t8-;2*7-;/m000./s1. The highest BCUT2D eigenvalue weighted by molar-refractivity contribution is 7.86. The first-order chi connectivity index (χ1) is 22.6. The minimum Gasteiger partial charge on any atom is -0.389 e. The van der Waals surface area contributed by atoms with E-state index in [1.165, 1.54) is 6.92 Å². The molecule has 48 heavy (non-hydrogen) atoms. The summed E-state index contributed by atoms with van der Waals surface area (Å²) in [5, 5.41) is 18.2. The average Bonchev–Trinajstić information content (AvgIpc) is 3.08. The number of Topliss-reactive ketones (excluding diaryl/α,β-unsaturated/α-hetero) is 1. The Morgan fingerprint density at radius 1 is 0.583 bits per heavy atom. The molecule has 246 valence electrons. The fourth-order valence-electron chi connectivity index (χ4n) is 3.56. The van der Waals surface area contributed by atoms with E-state index in [0.717, 1.165) is 22.9 Å². The minimum atomic E-state index is -3.45. The molecule has 0 fully saturated rings. The second kappa shape index (κ2) is 20.5. The summed E-state index contributed by atoms with van der Waals surface area (Å²) in [6.45, 7) is 33.3. The Hall–Kier alpha value is -5.66. The van der Waals surface area contributed by atoms with Crippen LogP contribution in [0.2, 0.25) is 0 Å². The molecule has 0 saturated carbocycles. The Bertz CT molecular complexity index is 1820. The van der Waals surface area contributed by atoms with E-state index in [1.54, 1.807) is 118 Å². The molecule has 4 rings (SSSR count). The van der Waals surface area contributed by atoms with E-state index >= 15 is 0 Å². The molecule has 3 atom stereocenters. The molecule has 0 saturated heterocycles. The maximum Gasteiger partial charge on any atom is 0.264 e. The molecular formula is C37H36N4O6S. The number of carbonyl (C=O) groups is 1. The maximum atomic E-state index is 10.9. The topological polar surface area (TPSA) is 118 Å². The van der Waals surface area contributed by atoms with E-state index in [0.29, 0.717) is 28.3 Å². The van der Waals surface area contributed by atoms with Crippen LogP contribution >= 0.6 is 0 Å². The normalized spacial score (nSPS) is 11.6. The van der Waals surface area contributed by atoms with Gasteiger partial charge in [0.1, 0.15) is 0 Å². The van der Waals surface area contributed by atoms with Crippen molar-refractivity contribution < 1.29 is 27.6 Å². The summed E-state index contributed by atoms with van der Waals surface area (Å²) in [6.07, 6.45) is -0.416. The van der Waals surface area contributed by atoms with Crippen molar-refractivity contribution in [1.82, 2.24) is 0 Å². The zero-order valence-electron chi connectivity index (χ0n) is 27.2. The second-order valence-electron chi connectivity index (χ2n) is 10.1. The number of aliphatic hydroxyl groups is 2. The first-order valence-electron chi connectivity index (χ1n) is 14.3. The van der Waals surface area contributed by atoms with Crippen molar-refractivity contribution in [2.45, 2.75) is 46.0 Å². The molecule has 0 bridgehead atoms. The van der Waals surface area contributed by atoms with Crippen molar-refractivity contribution in [1.29, 1.82) is 0 Å². The van der Waals surface area contributed by atoms with Crippen molar-refractivity contribution in [2.75, 3.05) is 6.26 Å². The molecule has 0 aliphatic rings. The number of hydrogen-bond donors (Lipinski definition) is 2. The highest BCUT2D eigenvalue weighted by Gasteiger charge is 2.12. The lowest BCUT2D eigenvalue weighted by Crippen LogP contribution is -2.07. The van der Waals surface area contributed by atoms with Crippen LogP contribution in [-0.2, 0) is 14.3 Å². The Morgan fingerprint density at radius 2 is 0.854 bits per heavy atom. The van der Waals surface area contributed by atoms with Crippen molar-refractivity contribution in [2.24, 2.45) is 0 Å². The molecule has 0 aliphatic heterocycles. The maximum absolute atomic E-state index is 10.9. The van der Waals surface area contributed by atoms with Crippen molar-refractivity contribution in [3.63, 3.8) is 0 Å². The summed E-state index contributed by atoms with van der Waals surface area (Å²) in [6, 6.07) is 27.1. The van der Waals surface area contributed by atoms with Gasteiger partial charge in [-0.25, -0.2) is 19.4 Å². The van der Waals surface area contributed by atoms with Gasteiger partial charge in [0.05, 0.1) is 50.9 Å². The van der Waals surface area contributed by atoms with Gasteiger partial charge in [-0.3, -0.25) is 8.98 Å². The highest BCUT2D eigenvalue weighted by atomic mass is 32.2. The smallest absolute Gasteiger partial charge is 0.264 e. The zero-order valence-corrected chi connectivity index (χ0v) is 28.0. The molecule has 0 spiro atoms. The molecule has 0 amide bonds. The van der Waals surface area contributed by atoms with Gasteiger partial charge in [0.2, 0.25) is 0 Å². The number of nitrogens with zero attached hydrogens (tertiary/aromatic N) is 4. The molecule has 0 aliphatic carbocycles. The van der Waals surface area contributed by atoms with E-state index in [-0.39, 0.29) is 5.78 Å². The summed E-state index contributed by atoms with van der Waals surface area (Å²) in [5.74, 6) is 0.0292. The van der Waals surface area contributed by atoms with Crippen molar-refractivity contribution in [3.05, 3.63) is 165 Å². The number of rotatable bonds is 6. The van der Waals surface area contributed by atoms with Gasteiger partial charge in [0.15, 0.2) is 28.5 Å². The highest BCUT2D eigenvalue weighted by Crippen LogP contribution is 2.22. The summed E-state index contributed by atoms with van der Waals surface area (Å²) in [5.41, 5.74) is 5.36. The lowest BCUT2D eigenvalue weighted by Gasteiger charge is -2.10. The average molecular weight is 665 g/mol. The molecule has 0 aromatic heterocycles. The van der Waals surface area contributed by atoms with Crippen LogP contribution in [0.1, 0.15) is 73.1 Å². The van der Waals surface area contributed by atoms with E-state index in [2.05, 4.69) is 19.4 Å². The first-order valence-corrected chi connectivity index (χ1v) is 16.1. The lowest BCUT2D eigenvalue weighted by molar-refractivity contribution is 0.101. The largest absolute Gasteiger partial charge is 0.389 e. The van der Waals surface area contributed by atoms with Crippen LogP contribution in [-0.4, -0.2) is 30.7 Å². The number of hydrogen-bond acceptors (Lipinski definition) is 6. The van der Waals surface area contributed by atoms with Gasteiger partial charge in [0.25, 0.3) is 10.1 Å². The molecule has 4 aromatic rings. The number of carbonyl (C=O) groups excluding carboxylic acids is 1. The van der Waals surface area contributed by atoms with Crippen LogP contribution in [0.15, 0.2) is 97.1 Å². The first kappa shape index (κ1) is 40.4. The summed E-state index contributed by atoms with van der Waals surface area (Å²) >= 11 is 0. The third-order valence-electron chi connectivity index (χ3n) is 6.22. The third-order valence-corrected chi connectivity index (χ3v) is 6.86. The number of benzene rings is 4. The molecule has 0 radical (unpaired) electrons. The molecule has 0 unspecified atom stereocenters. The second-order valence-corrected chi connectivity index (χ2v) is 11.7. The Kier molecular flexibility index (Phi) is 17.2. The minimum absolute atomic E-state index is 0.0292. The number of aliphatic hydroxyl groups excluding tert-OH is 2. The Balaban J connectivity index is 0.000000323. The van der Waals surface area contributed by atoms with Crippen LogP contribution < -0.4 is 0 Å². The van der Waals surface area contributed by atoms with Crippen LogP contribution in [0.4, 0.5) is 22.7 Å². The van der Waals surface area contributed by atoms with Crippen LogP contribution in [0, 0.1) is 26.3 Å². The van der Waals surface area contributed by atoms with Gasteiger partial charge < -0.3 is 10.2 Å². The van der Waals surface area contributed by atoms with Crippen LogP contribution in [0.5, 0.6) is 0 Å². The molecule has 10 nitrogen and oxygen atoms in total. The number of ketones is 1. The van der Waals surface area contributed by atoms with Gasteiger partial charge in [-0.05, 0) is 44.4 Å². The van der Waals surface area contributed by atoms with Crippen molar-refractivity contribution >= 4 is 38.7 Å². The van der Waals surface area contributed by atoms with Gasteiger partial charge in [0, 0.05) is 5.56 Å².